The van der Waals surface area contributed by atoms with E-state index >= 15 is 0 Å². The van der Waals surface area contributed by atoms with Crippen molar-refractivity contribution in [3.63, 3.8) is 0 Å². The summed E-state index contributed by atoms with van der Waals surface area (Å²) in [4.78, 5) is 11.4. The molecule has 144 valence electrons. The number of carbonyl (C=O) groups excluding carboxylic acids is 1. The number of methoxy groups -OCH3 is 1. The molecule has 0 bridgehead atoms. The maximum absolute atomic E-state index is 11.4. The van der Waals surface area contributed by atoms with Crippen molar-refractivity contribution in [3.05, 3.63) is 48.0 Å². The van der Waals surface area contributed by atoms with Crippen molar-refractivity contribution in [2.45, 2.75) is 63.9 Å². The largest absolute Gasteiger partial charge is 0.469 e. The van der Waals surface area contributed by atoms with E-state index in [1.807, 2.05) is 49.4 Å². The third-order valence-electron chi connectivity index (χ3n) is 4.44. The summed E-state index contributed by atoms with van der Waals surface area (Å²) in [6.07, 6.45) is 8.02. The molecule has 0 N–H and O–H groups in total. The Labute approximate surface area is 156 Å². The highest BCUT2D eigenvalue weighted by Crippen LogP contribution is 2.25. The molecule has 0 amide bonds. The first-order chi connectivity index (χ1) is 12.7. The molecule has 1 heterocycles. The Kier molecular flexibility index (Phi) is 9.39. The molecular weight excluding hydrogens is 332 g/mol. The number of hydrogen-bond donors (Lipinski definition) is 0. The fourth-order valence-corrected chi connectivity index (χ4v) is 3.12. The number of ether oxygens (including phenoxy) is 4. The van der Waals surface area contributed by atoms with Crippen LogP contribution in [0.3, 0.4) is 0 Å². The minimum Gasteiger partial charge on any atom is -0.469 e. The first kappa shape index (κ1) is 20.6. The van der Waals surface area contributed by atoms with Crippen LogP contribution in [0.4, 0.5) is 0 Å². The van der Waals surface area contributed by atoms with Crippen molar-refractivity contribution in [2.24, 2.45) is 0 Å². The fourth-order valence-electron chi connectivity index (χ4n) is 3.12. The molecule has 5 heteroatoms. The SMILES string of the molecule is C/C=C/[C@@H](C[C@H]1CCC[C@@H](CC(=O)OC)O1)OCOCc1ccccc1. The van der Waals surface area contributed by atoms with Gasteiger partial charge in [0.1, 0.15) is 6.79 Å². The maximum atomic E-state index is 11.4. The third-order valence-corrected chi connectivity index (χ3v) is 4.44. The number of hydrogen-bond acceptors (Lipinski definition) is 5. The predicted octanol–water partition coefficient (Wildman–Crippen LogP) is 4.01. The normalized spacial score (nSPS) is 21.6. The average Bonchev–Trinajstić information content (AvgIpc) is 2.66. The lowest BCUT2D eigenvalue weighted by molar-refractivity contribution is -0.148. The van der Waals surface area contributed by atoms with Crippen molar-refractivity contribution in [2.75, 3.05) is 13.9 Å². The van der Waals surface area contributed by atoms with Gasteiger partial charge in [-0.3, -0.25) is 4.79 Å². The summed E-state index contributed by atoms with van der Waals surface area (Å²) in [7, 11) is 1.41. The Hall–Kier alpha value is -1.69. The molecule has 0 unspecified atom stereocenters. The van der Waals surface area contributed by atoms with E-state index < -0.39 is 0 Å². The van der Waals surface area contributed by atoms with E-state index in [2.05, 4.69) is 0 Å². The summed E-state index contributed by atoms with van der Waals surface area (Å²) in [5.74, 6) is -0.216. The highest BCUT2D eigenvalue weighted by atomic mass is 16.7. The van der Waals surface area contributed by atoms with E-state index in [0.29, 0.717) is 13.0 Å². The van der Waals surface area contributed by atoms with E-state index in [4.69, 9.17) is 18.9 Å². The third kappa shape index (κ3) is 7.68. The van der Waals surface area contributed by atoms with Crippen molar-refractivity contribution >= 4 is 5.97 Å². The lowest BCUT2D eigenvalue weighted by Crippen LogP contribution is -2.32. The van der Waals surface area contributed by atoms with Gasteiger partial charge < -0.3 is 18.9 Å². The van der Waals surface area contributed by atoms with Crippen LogP contribution >= 0.6 is 0 Å². The molecule has 0 radical (unpaired) electrons. The molecule has 1 aromatic rings. The zero-order valence-corrected chi connectivity index (χ0v) is 15.8. The smallest absolute Gasteiger partial charge is 0.308 e. The van der Waals surface area contributed by atoms with Gasteiger partial charge >= 0.3 is 5.97 Å². The molecule has 0 aliphatic carbocycles. The van der Waals surface area contributed by atoms with Gasteiger partial charge in [-0.05, 0) is 31.7 Å². The van der Waals surface area contributed by atoms with Gasteiger partial charge in [0, 0.05) is 6.42 Å². The molecule has 0 saturated carbocycles. The van der Waals surface area contributed by atoms with Crippen LogP contribution < -0.4 is 0 Å². The van der Waals surface area contributed by atoms with Gasteiger partial charge in [0.25, 0.3) is 0 Å². The van der Waals surface area contributed by atoms with E-state index in [9.17, 15) is 4.79 Å². The maximum Gasteiger partial charge on any atom is 0.308 e. The Bertz CT molecular complexity index is 543. The van der Waals surface area contributed by atoms with Crippen LogP contribution in [0.25, 0.3) is 0 Å². The fraction of sp³-hybridized carbons (Fsp3) is 0.571. The first-order valence-corrected chi connectivity index (χ1v) is 9.29. The summed E-state index contributed by atoms with van der Waals surface area (Å²) in [5, 5.41) is 0. The lowest BCUT2D eigenvalue weighted by Gasteiger charge is -2.31. The summed E-state index contributed by atoms with van der Waals surface area (Å²) in [6.45, 7) is 2.75. The van der Waals surface area contributed by atoms with Crippen LogP contribution in [0.15, 0.2) is 42.5 Å². The van der Waals surface area contributed by atoms with Crippen LogP contribution in [0.2, 0.25) is 0 Å². The van der Waals surface area contributed by atoms with Crippen molar-refractivity contribution < 1.29 is 23.7 Å². The van der Waals surface area contributed by atoms with Crippen molar-refractivity contribution in [1.29, 1.82) is 0 Å². The number of carbonyl (C=O) groups is 1. The Balaban J connectivity index is 1.73. The van der Waals surface area contributed by atoms with Crippen LogP contribution in [-0.4, -0.2) is 38.2 Å². The quantitative estimate of drug-likeness (QED) is 0.272. The van der Waals surface area contributed by atoms with Crippen molar-refractivity contribution in [3.8, 4) is 0 Å². The van der Waals surface area contributed by atoms with Gasteiger partial charge in [0.05, 0.1) is 38.4 Å². The second-order valence-electron chi connectivity index (χ2n) is 6.51. The van der Waals surface area contributed by atoms with Gasteiger partial charge in [-0.15, -0.1) is 0 Å². The second-order valence-corrected chi connectivity index (χ2v) is 6.51. The highest BCUT2D eigenvalue weighted by molar-refractivity contribution is 5.69. The minimum atomic E-state index is -0.216. The van der Waals surface area contributed by atoms with Gasteiger partial charge in [-0.2, -0.15) is 0 Å². The Morgan fingerprint density at radius 3 is 2.77 bits per heavy atom. The molecule has 1 aliphatic rings. The standard InChI is InChI=1S/C21H30O5/c1-3-8-18(25-16-24-15-17-9-5-4-6-10-17)13-19-11-7-12-20(26-19)14-21(22)23-2/h3-6,8-10,18-20H,7,11-16H2,1-2H3/b8-3+/t18-,19+,20-/m0/s1. The summed E-state index contributed by atoms with van der Waals surface area (Å²) in [5.41, 5.74) is 1.12. The number of rotatable bonds is 10. The Morgan fingerprint density at radius 2 is 2.04 bits per heavy atom. The van der Waals surface area contributed by atoms with E-state index in [0.717, 1.165) is 31.2 Å². The molecule has 0 spiro atoms. The molecule has 1 aliphatic heterocycles. The predicted molar refractivity (Wildman–Crippen MR) is 99.5 cm³/mol. The number of benzene rings is 1. The van der Waals surface area contributed by atoms with Crippen LogP contribution in [0, 0.1) is 0 Å². The first-order valence-electron chi connectivity index (χ1n) is 9.29. The number of allylic oxidation sites excluding steroid dienone is 1. The van der Waals surface area contributed by atoms with Gasteiger partial charge in [-0.1, -0.05) is 42.5 Å². The molecule has 1 fully saturated rings. The molecule has 0 aromatic heterocycles. The molecule has 5 nitrogen and oxygen atoms in total. The zero-order chi connectivity index (χ0) is 18.6. The zero-order valence-electron chi connectivity index (χ0n) is 15.8. The number of esters is 1. The van der Waals surface area contributed by atoms with Gasteiger partial charge in [0.2, 0.25) is 0 Å². The highest BCUT2D eigenvalue weighted by Gasteiger charge is 2.26. The topological polar surface area (TPSA) is 54.0 Å². The molecular formula is C21H30O5. The summed E-state index contributed by atoms with van der Waals surface area (Å²) < 4.78 is 22.3. The lowest BCUT2D eigenvalue weighted by atomic mass is 9.98. The van der Waals surface area contributed by atoms with Crippen molar-refractivity contribution in [1.82, 2.24) is 0 Å². The monoisotopic (exact) mass is 362 g/mol. The van der Waals surface area contributed by atoms with Crippen LogP contribution in [-0.2, 0) is 30.3 Å². The van der Waals surface area contributed by atoms with E-state index in [1.165, 1.54) is 7.11 Å². The van der Waals surface area contributed by atoms with Gasteiger partial charge in [0.15, 0.2) is 0 Å². The molecule has 1 aromatic carbocycles. The van der Waals surface area contributed by atoms with Crippen LogP contribution in [0.1, 0.15) is 44.6 Å². The minimum absolute atomic E-state index is 0.0539. The van der Waals surface area contributed by atoms with E-state index in [1.54, 1.807) is 0 Å². The summed E-state index contributed by atoms with van der Waals surface area (Å²) in [6, 6.07) is 10.0. The molecule has 1 saturated heterocycles. The Morgan fingerprint density at radius 1 is 1.27 bits per heavy atom. The van der Waals surface area contributed by atoms with Crippen LogP contribution in [0.5, 0.6) is 0 Å². The van der Waals surface area contributed by atoms with Gasteiger partial charge in [-0.25, -0.2) is 0 Å². The second kappa shape index (κ2) is 11.8. The molecule has 2 rings (SSSR count). The molecule has 3 atom stereocenters. The average molecular weight is 362 g/mol. The molecule has 26 heavy (non-hydrogen) atoms. The van der Waals surface area contributed by atoms with E-state index in [-0.39, 0.29) is 31.1 Å². The summed E-state index contributed by atoms with van der Waals surface area (Å²) >= 11 is 0.